The molecular weight excluding hydrogens is 304 g/mol. The highest BCUT2D eigenvalue weighted by Crippen LogP contribution is 2.48. The highest BCUT2D eigenvalue weighted by Gasteiger charge is 2.51. The Morgan fingerprint density at radius 3 is 2.12 bits per heavy atom. The second-order valence-electron chi connectivity index (χ2n) is 6.36. The molecule has 1 aliphatic heterocycles. The van der Waals surface area contributed by atoms with Crippen LogP contribution in [0.1, 0.15) is 24.0 Å². The lowest BCUT2D eigenvalue weighted by atomic mass is 9.89. The molecule has 2 amide bonds. The van der Waals surface area contributed by atoms with Gasteiger partial charge in [-0.1, -0.05) is 48.5 Å². The van der Waals surface area contributed by atoms with E-state index in [4.69, 9.17) is 5.73 Å². The molecule has 0 radical (unpaired) electrons. The largest absolute Gasteiger partial charge is 0.372 e. The van der Waals surface area contributed by atoms with Gasteiger partial charge in [0.1, 0.15) is 6.04 Å². The Morgan fingerprint density at radius 2 is 1.58 bits per heavy atom. The molecule has 0 bridgehead atoms. The van der Waals surface area contributed by atoms with Crippen molar-refractivity contribution in [2.45, 2.75) is 24.5 Å². The number of rotatable bonds is 2. The summed E-state index contributed by atoms with van der Waals surface area (Å²) >= 11 is 0. The van der Waals surface area contributed by atoms with Crippen LogP contribution in [-0.2, 0) is 15.2 Å². The summed E-state index contributed by atoms with van der Waals surface area (Å²) in [7, 11) is 0. The van der Waals surface area contributed by atoms with E-state index in [1.165, 1.54) is 4.90 Å². The molecule has 1 saturated heterocycles. The van der Waals surface area contributed by atoms with E-state index in [0.717, 1.165) is 11.1 Å². The van der Waals surface area contributed by atoms with Crippen molar-refractivity contribution in [3.8, 4) is 11.1 Å². The maximum absolute atomic E-state index is 13.3. The van der Waals surface area contributed by atoms with Crippen LogP contribution in [0, 0.1) is 0 Å². The van der Waals surface area contributed by atoms with E-state index in [2.05, 4.69) is 0 Å². The van der Waals surface area contributed by atoms with Crippen LogP contribution in [-0.4, -0.2) is 34.4 Å². The molecule has 24 heavy (non-hydrogen) atoms. The Morgan fingerprint density at radius 1 is 1.04 bits per heavy atom. The SMILES string of the molecule is NC(=O)[C@@H]1CCCN1C(=O)C1(O)c2ccccc2-c2ccccc21. The summed E-state index contributed by atoms with van der Waals surface area (Å²) in [5.41, 5.74) is 6.48. The van der Waals surface area contributed by atoms with E-state index < -0.39 is 23.5 Å². The highest BCUT2D eigenvalue weighted by atomic mass is 16.3. The van der Waals surface area contributed by atoms with Gasteiger partial charge in [0.05, 0.1) is 0 Å². The number of hydrogen-bond acceptors (Lipinski definition) is 3. The molecule has 0 saturated carbocycles. The molecule has 4 rings (SSSR count). The zero-order valence-corrected chi connectivity index (χ0v) is 13.1. The molecule has 2 aromatic carbocycles. The van der Waals surface area contributed by atoms with Crippen LogP contribution in [0.25, 0.3) is 11.1 Å². The van der Waals surface area contributed by atoms with Gasteiger partial charge in [0, 0.05) is 17.7 Å². The molecule has 0 unspecified atom stereocenters. The Labute approximate surface area is 139 Å². The standard InChI is InChI=1S/C19H18N2O3/c20-17(22)16-10-5-11-21(16)18(23)19(24)14-8-3-1-6-12(14)13-7-2-4-9-15(13)19/h1-4,6-9,16,24H,5,10-11H2,(H2,20,22)/t16-/m0/s1. The Bertz CT molecular complexity index is 801. The molecule has 122 valence electrons. The lowest BCUT2D eigenvalue weighted by Gasteiger charge is -2.32. The van der Waals surface area contributed by atoms with Crippen molar-refractivity contribution in [3.05, 3.63) is 59.7 Å². The van der Waals surface area contributed by atoms with Gasteiger partial charge >= 0.3 is 0 Å². The minimum absolute atomic E-state index is 0.430. The van der Waals surface area contributed by atoms with Crippen LogP contribution in [0.5, 0.6) is 0 Å². The zero-order chi connectivity index (χ0) is 16.9. The fourth-order valence-electron chi connectivity index (χ4n) is 3.96. The number of primary amides is 1. The van der Waals surface area contributed by atoms with Crippen molar-refractivity contribution in [2.24, 2.45) is 5.73 Å². The average Bonchev–Trinajstić information content (AvgIpc) is 3.18. The zero-order valence-electron chi connectivity index (χ0n) is 13.1. The van der Waals surface area contributed by atoms with Gasteiger partial charge in [0.15, 0.2) is 5.60 Å². The lowest BCUT2D eigenvalue weighted by molar-refractivity contribution is -0.151. The molecule has 1 heterocycles. The molecule has 3 N–H and O–H groups in total. The van der Waals surface area contributed by atoms with E-state index in [9.17, 15) is 14.7 Å². The van der Waals surface area contributed by atoms with E-state index in [-0.39, 0.29) is 0 Å². The van der Waals surface area contributed by atoms with Crippen LogP contribution in [0.2, 0.25) is 0 Å². The van der Waals surface area contributed by atoms with Gasteiger partial charge < -0.3 is 15.7 Å². The van der Waals surface area contributed by atoms with Crippen LogP contribution < -0.4 is 5.73 Å². The van der Waals surface area contributed by atoms with Crippen molar-refractivity contribution >= 4 is 11.8 Å². The predicted octanol–water partition coefficient (Wildman–Crippen LogP) is 1.38. The summed E-state index contributed by atoms with van der Waals surface area (Å²) in [5, 5.41) is 11.5. The number of nitrogens with two attached hydrogens (primary N) is 1. The quantitative estimate of drug-likeness (QED) is 0.876. The summed E-state index contributed by atoms with van der Waals surface area (Å²) in [6.45, 7) is 0.430. The van der Waals surface area contributed by atoms with Crippen LogP contribution in [0.4, 0.5) is 0 Å². The molecule has 5 nitrogen and oxygen atoms in total. The molecule has 0 aromatic heterocycles. The fraction of sp³-hybridized carbons (Fsp3) is 0.263. The monoisotopic (exact) mass is 322 g/mol. The first kappa shape index (κ1) is 14.9. The van der Waals surface area contributed by atoms with Crippen LogP contribution in [0.15, 0.2) is 48.5 Å². The third-order valence-electron chi connectivity index (χ3n) is 5.08. The lowest BCUT2D eigenvalue weighted by Crippen LogP contribution is -2.52. The van der Waals surface area contributed by atoms with Crippen LogP contribution >= 0.6 is 0 Å². The number of benzene rings is 2. The number of fused-ring (bicyclic) bond motifs is 3. The minimum Gasteiger partial charge on any atom is -0.372 e. The van der Waals surface area contributed by atoms with Gasteiger partial charge in [-0.05, 0) is 24.0 Å². The summed E-state index contributed by atoms with van der Waals surface area (Å²) in [6.07, 6.45) is 1.25. The number of amides is 2. The maximum atomic E-state index is 13.3. The van der Waals surface area contributed by atoms with Gasteiger partial charge in [0.25, 0.3) is 5.91 Å². The average molecular weight is 322 g/mol. The third kappa shape index (κ3) is 1.85. The van der Waals surface area contributed by atoms with E-state index in [0.29, 0.717) is 30.5 Å². The second-order valence-corrected chi connectivity index (χ2v) is 6.36. The Hall–Kier alpha value is -2.66. The van der Waals surface area contributed by atoms with Crippen molar-refractivity contribution in [1.82, 2.24) is 4.90 Å². The van der Waals surface area contributed by atoms with E-state index in [1.54, 1.807) is 24.3 Å². The number of nitrogens with zero attached hydrogens (tertiary/aromatic N) is 1. The summed E-state index contributed by atoms with van der Waals surface area (Å²) < 4.78 is 0. The van der Waals surface area contributed by atoms with Crippen molar-refractivity contribution < 1.29 is 14.7 Å². The van der Waals surface area contributed by atoms with Crippen molar-refractivity contribution in [1.29, 1.82) is 0 Å². The van der Waals surface area contributed by atoms with Gasteiger partial charge in [-0.2, -0.15) is 0 Å². The molecule has 1 atom stereocenters. The summed E-state index contributed by atoms with van der Waals surface area (Å²) in [4.78, 5) is 26.4. The number of aliphatic hydroxyl groups is 1. The number of likely N-dealkylation sites (tertiary alicyclic amines) is 1. The predicted molar refractivity (Wildman–Crippen MR) is 88.8 cm³/mol. The Balaban J connectivity index is 1.87. The van der Waals surface area contributed by atoms with Crippen molar-refractivity contribution in [2.75, 3.05) is 6.54 Å². The first-order chi connectivity index (χ1) is 11.5. The molecule has 0 spiro atoms. The first-order valence-corrected chi connectivity index (χ1v) is 8.07. The molecule has 5 heteroatoms. The fourth-order valence-corrected chi connectivity index (χ4v) is 3.96. The highest BCUT2D eigenvalue weighted by molar-refractivity contribution is 6.00. The summed E-state index contributed by atoms with van der Waals surface area (Å²) in [5.74, 6) is -0.995. The van der Waals surface area contributed by atoms with E-state index >= 15 is 0 Å². The molecule has 2 aromatic rings. The topological polar surface area (TPSA) is 83.6 Å². The maximum Gasteiger partial charge on any atom is 0.264 e. The van der Waals surface area contributed by atoms with E-state index in [1.807, 2.05) is 24.3 Å². The number of hydrogen-bond donors (Lipinski definition) is 2. The molecule has 1 fully saturated rings. The van der Waals surface area contributed by atoms with Gasteiger partial charge in [-0.25, -0.2) is 0 Å². The first-order valence-electron chi connectivity index (χ1n) is 8.07. The Kier molecular flexibility index (Phi) is 3.21. The normalized spacial score (nSPS) is 20.5. The number of carbonyl (C=O) groups excluding carboxylic acids is 2. The minimum atomic E-state index is -1.77. The molecular formula is C19H18N2O3. The van der Waals surface area contributed by atoms with Gasteiger partial charge in [-0.15, -0.1) is 0 Å². The van der Waals surface area contributed by atoms with Gasteiger partial charge in [-0.3, -0.25) is 9.59 Å². The van der Waals surface area contributed by atoms with Gasteiger partial charge in [0.2, 0.25) is 5.91 Å². The third-order valence-corrected chi connectivity index (χ3v) is 5.08. The van der Waals surface area contributed by atoms with Crippen LogP contribution in [0.3, 0.4) is 0 Å². The number of carbonyl (C=O) groups is 2. The second kappa shape index (κ2) is 5.18. The van der Waals surface area contributed by atoms with Crippen molar-refractivity contribution in [3.63, 3.8) is 0 Å². The summed E-state index contributed by atoms with van der Waals surface area (Å²) in [6, 6.07) is 14.1. The molecule has 2 aliphatic rings. The smallest absolute Gasteiger partial charge is 0.264 e. The molecule has 1 aliphatic carbocycles.